The molecule has 1 heterocycles. The summed E-state index contributed by atoms with van der Waals surface area (Å²) in [5.41, 5.74) is 6.63. The fourth-order valence-corrected chi connectivity index (χ4v) is 3.04. The molecule has 27 heavy (non-hydrogen) atoms. The Morgan fingerprint density at radius 2 is 1.93 bits per heavy atom. The van der Waals surface area contributed by atoms with Gasteiger partial charge in [-0.1, -0.05) is 43.5 Å². The van der Waals surface area contributed by atoms with Crippen molar-refractivity contribution >= 4 is 29.1 Å². The van der Waals surface area contributed by atoms with Gasteiger partial charge in [0.25, 0.3) is 0 Å². The Morgan fingerprint density at radius 1 is 1.19 bits per heavy atom. The lowest BCUT2D eigenvalue weighted by Crippen LogP contribution is -2.13. The predicted octanol–water partition coefficient (Wildman–Crippen LogP) is 4.63. The number of nitrogens with two attached hydrogens (primary N) is 1. The van der Waals surface area contributed by atoms with Gasteiger partial charge in [-0.15, -0.1) is 0 Å². The van der Waals surface area contributed by atoms with Crippen molar-refractivity contribution in [3.8, 4) is 0 Å². The molecule has 0 aliphatic carbocycles. The van der Waals surface area contributed by atoms with Crippen LogP contribution in [0.3, 0.4) is 0 Å². The van der Waals surface area contributed by atoms with Crippen LogP contribution in [0.1, 0.15) is 47.7 Å². The Labute approximate surface area is 161 Å². The highest BCUT2D eigenvalue weighted by Gasteiger charge is 2.25. The number of carbonyl (C=O) groups is 2. The number of hydrogen-bond donors (Lipinski definition) is 2. The molecule has 7 heteroatoms. The van der Waals surface area contributed by atoms with Gasteiger partial charge in [0.2, 0.25) is 11.8 Å². The van der Waals surface area contributed by atoms with Crippen LogP contribution in [-0.4, -0.2) is 11.8 Å². The van der Waals surface area contributed by atoms with E-state index in [2.05, 4.69) is 12.2 Å². The molecule has 0 fully saturated rings. The summed E-state index contributed by atoms with van der Waals surface area (Å²) in [4.78, 5) is 21.9. The first-order valence-corrected chi connectivity index (χ1v) is 9.06. The second kappa shape index (κ2) is 9.46. The number of benzene rings is 2. The van der Waals surface area contributed by atoms with Gasteiger partial charge in [-0.3, -0.25) is 9.59 Å². The van der Waals surface area contributed by atoms with E-state index in [0.717, 1.165) is 24.5 Å². The highest BCUT2D eigenvalue weighted by atomic mass is 35.5. The molecule has 0 bridgehead atoms. The van der Waals surface area contributed by atoms with Gasteiger partial charge in [-0.2, -0.15) is 0 Å². The normalized spacial score (nSPS) is 12.1. The Hall–Kier alpha value is -2.47. The lowest BCUT2D eigenvalue weighted by molar-refractivity contribution is -0.115. The third-order valence-corrected chi connectivity index (χ3v) is 4.63. The number of halogens is 3. The molecule has 0 radical (unpaired) electrons. The second-order valence-corrected chi connectivity index (χ2v) is 6.59. The number of hydrogen-bond acceptors (Lipinski definition) is 2. The fourth-order valence-electron chi connectivity index (χ4n) is 2.82. The summed E-state index contributed by atoms with van der Waals surface area (Å²) in [7, 11) is 0. The first kappa shape index (κ1) is 20.8. The van der Waals surface area contributed by atoms with E-state index >= 15 is 0 Å². The van der Waals surface area contributed by atoms with Gasteiger partial charge in [0, 0.05) is 11.1 Å². The van der Waals surface area contributed by atoms with Gasteiger partial charge < -0.3 is 11.1 Å². The summed E-state index contributed by atoms with van der Waals surface area (Å²) in [6.07, 6.45) is 4.31. The van der Waals surface area contributed by atoms with Crippen molar-refractivity contribution < 1.29 is 18.4 Å². The molecule has 2 aromatic rings. The van der Waals surface area contributed by atoms with Crippen LogP contribution in [-0.2, 0) is 17.6 Å². The molecule has 1 aliphatic heterocycles. The van der Waals surface area contributed by atoms with Crippen LogP contribution in [0, 0.1) is 11.6 Å². The molecule has 0 atom stereocenters. The van der Waals surface area contributed by atoms with E-state index in [-0.39, 0.29) is 29.4 Å². The number of rotatable bonds is 5. The van der Waals surface area contributed by atoms with Gasteiger partial charge in [0.05, 0.1) is 17.1 Å². The molecule has 0 spiro atoms. The number of primary amides is 1. The standard InChI is InChI=1S/C11H14ClF.C9H7FN2O2/c1-2-3-4-6-9-7-5-8-10(13)11(9)12;10-6-2-1-4(9(11)14)5-3-7(13)12-8(5)6/h5,7-8H,2-4,6H2,1H3;1-2H,3H2,(H2,11,14)(H,12,13). The zero-order valence-electron chi connectivity index (χ0n) is 15.0. The molecule has 3 N–H and O–H groups in total. The second-order valence-electron chi connectivity index (χ2n) is 6.21. The van der Waals surface area contributed by atoms with Crippen LogP contribution in [0.15, 0.2) is 30.3 Å². The SMILES string of the molecule is CCCCCc1cccc(F)c1Cl.NC(=O)c1ccc(F)c2c1CC(=O)N2. The number of unbranched alkanes of at least 4 members (excludes halogenated alkanes) is 2. The number of anilines is 1. The van der Waals surface area contributed by atoms with Crippen molar-refractivity contribution in [3.63, 3.8) is 0 Å². The molecule has 3 rings (SSSR count). The Kier molecular flexibility index (Phi) is 7.30. The first-order chi connectivity index (χ1) is 12.8. The number of amides is 2. The van der Waals surface area contributed by atoms with Crippen molar-refractivity contribution in [1.82, 2.24) is 0 Å². The molecular weight excluding hydrogens is 374 g/mol. The van der Waals surface area contributed by atoms with E-state index < -0.39 is 11.7 Å². The van der Waals surface area contributed by atoms with Crippen LogP contribution in [0.2, 0.25) is 5.02 Å². The molecule has 2 amide bonds. The summed E-state index contributed by atoms with van der Waals surface area (Å²) in [6, 6.07) is 7.40. The van der Waals surface area contributed by atoms with E-state index in [1.807, 2.05) is 6.07 Å². The van der Waals surface area contributed by atoms with Crippen molar-refractivity contribution in [2.45, 2.75) is 39.0 Å². The van der Waals surface area contributed by atoms with Crippen LogP contribution >= 0.6 is 11.6 Å². The first-order valence-electron chi connectivity index (χ1n) is 8.69. The van der Waals surface area contributed by atoms with Gasteiger partial charge >= 0.3 is 0 Å². The molecule has 144 valence electrons. The largest absolute Gasteiger partial charge is 0.366 e. The maximum Gasteiger partial charge on any atom is 0.249 e. The number of nitrogens with one attached hydrogen (secondary N) is 1. The van der Waals surface area contributed by atoms with Gasteiger partial charge in [0.1, 0.15) is 11.6 Å². The fraction of sp³-hybridized carbons (Fsp3) is 0.300. The maximum atomic E-state index is 13.1. The third-order valence-electron chi connectivity index (χ3n) is 4.21. The Bertz CT molecular complexity index is 856. The molecule has 0 unspecified atom stereocenters. The average molecular weight is 395 g/mol. The van der Waals surface area contributed by atoms with Gasteiger partial charge in [0.15, 0.2) is 0 Å². The minimum atomic E-state index is -0.655. The van der Waals surface area contributed by atoms with Crippen LogP contribution in [0.25, 0.3) is 0 Å². The van der Waals surface area contributed by atoms with E-state index in [4.69, 9.17) is 17.3 Å². The van der Waals surface area contributed by atoms with Gasteiger partial charge in [-0.05, 0) is 36.6 Å². The van der Waals surface area contributed by atoms with Crippen LogP contribution in [0.5, 0.6) is 0 Å². The summed E-state index contributed by atoms with van der Waals surface area (Å²) in [6.45, 7) is 2.15. The third kappa shape index (κ3) is 5.26. The summed E-state index contributed by atoms with van der Waals surface area (Å²) < 4.78 is 26.1. The van der Waals surface area contributed by atoms with Crippen molar-refractivity contribution in [3.05, 3.63) is 63.7 Å². The number of fused-ring (bicyclic) bond motifs is 1. The molecule has 0 saturated heterocycles. The molecule has 4 nitrogen and oxygen atoms in total. The van der Waals surface area contributed by atoms with Crippen LogP contribution in [0.4, 0.5) is 14.5 Å². The zero-order valence-corrected chi connectivity index (χ0v) is 15.7. The molecule has 2 aromatic carbocycles. The van der Waals surface area contributed by atoms with E-state index in [1.165, 1.54) is 25.0 Å². The Morgan fingerprint density at radius 3 is 2.59 bits per heavy atom. The summed E-state index contributed by atoms with van der Waals surface area (Å²) in [5, 5.41) is 2.63. The highest BCUT2D eigenvalue weighted by molar-refractivity contribution is 6.31. The van der Waals surface area contributed by atoms with E-state index in [1.54, 1.807) is 6.07 Å². The van der Waals surface area contributed by atoms with Crippen molar-refractivity contribution in [2.75, 3.05) is 5.32 Å². The average Bonchev–Trinajstić information content (AvgIpc) is 3.02. The molecular formula is C20H21ClF2N2O2. The van der Waals surface area contributed by atoms with Gasteiger partial charge in [-0.25, -0.2) is 8.78 Å². The maximum absolute atomic E-state index is 13.1. The highest BCUT2D eigenvalue weighted by Crippen LogP contribution is 2.29. The zero-order chi connectivity index (χ0) is 20.0. The number of aryl methyl sites for hydroxylation is 1. The minimum absolute atomic E-state index is 0.00532. The lowest BCUT2D eigenvalue weighted by atomic mass is 10.0. The number of carbonyl (C=O) groups excluding carboxylic acids is 2. The summed E-state index contributed by atoms with van der Waals surface area (Å²) >= 11 is 5.80. The minimum Gasteiger partial charge on any atom is -0.366 e. The molecule has 1 aliphatic rings. The topological polar surface area (TPSA) is 72.2 Å². The predicted molar refractivity (Wildman–Crippen MR) is 102 cm³/mol. The monoisotopic (exact) mass is 394 g/mol. The van der Waals surface area contributed by atoms with E-state index in [0.29, 0.717) is 10.6 Å². The smallest absolute Gasteiger partial charge is 0.249 e. The van der Waals surface area contributed by atoms with Crippen LogP contribution < -0.4 is 11.1 Å². The quantitative estimate of drug-likeness (QED) is 0.725. The van der Waals surface area contributed by atoms with Crippen molar-refractivity contribution in [1.29, 1.82) is 0 Å². The van der Waals surface area contributed by atoms with Crippen molar-refractivity contribution in [2.24, 2.45) is 5.73 Å². The molecule has 0 saturated carbocycles. The lowest BCUT2D eigenvalue weighted by Gasteiger charge is -2.03. The summed E-state index contributed by atoms with van der Waals surface area (Å²) in [5.74, 6) is -1.84. The Balaban J connectivity index is 0.000000194. The molecule has 0 aromatic heterocycles. The van der Waals surface area contributed by atoms with E-state index in [9.17, 15) is 18.4 Å².